The lowest BCUT2D eigenvalue weighted by atomic mass is 9.90. The molecule has 0 heterocycles. The highest BCUT2D eigenvalue weighted by Crippen LogP contribution is 2.32. The number of hydrogen-bond acceptors (Lipinski definition) is 0. The van der Waals surface area contributed by atoms with Gasteiger partial charge in [0.15, 0.2) is 0 Å². The van der Waals surface area contributed by atoms with E-state index < -0.39 is 0 Å². The van der Waals surface area contributed by atoms with E-state index in [9.17, 15) is 0 Å². The van der Waals surface area contributed by atoms with Gasteiger partial charge in [-0.1, -0.05) is 64.1 Å². The lowest BCUT2D eigenvalue weighted by molar-refractivity contribution is 0.874. The first-order valence-electron chi connectivity index (χ1n) is 7.53. The molecule has 0 aliphatic heterocycles. The molecule has 3 aromatic carbocycles. The third-order valence-corrected chi connectivity index (χ3v) is 4.19. The quantitative estimate of drug-likeness (QED) is 0.479. The highest BCUT2D eigenvalue weighted by atomic mass is 14.1. The Morgan fingerprint density at radius 3 is 1.45 bits per heavy atom. The second-order valence-corrected chi connectivity index (χ2v) is 6.30. The van der Waals surface area contributed by atoms with E-state index in [0.717, 1.165) is 0 Å². The molecule has 0 spiro atoms. The molecule has 3 aromatic rings. The normalized spacial score (nSPS) is 11.9. The van der Waals surface area contributed by atoms with Crippen molar-refractivity contribution in [2.75, 3.05) is 0 Å². The second-order valence-electron chi connectivity index (χ2n) is 6.30. The summed E-state index contributed by atoms with van der Waals surface area (Å²) < 4.78 is 0. The fourth-order valence-electron chi connectivity index (χ4n) is 3.11. The van der Waals surface area contributed by atoms with Crippen LogP contribution in [0.15, 0.2) is 48.5 Å². The van der Waals surface area contributed by atoms with Crippen LogP contribution >= 0.6 is 0 Å². The molecule has 0 saturated carbocycles. The maximum absolute atomic E-state index is 2.40. The molecule has 3 rings (SSSR count). The van der Waals surface area contributed by atoms with E-state index >= 15 is 0 Å². The van der Waals surface area contributed by atoms with Gasteiger partial charge in [0.05, 0.1) is 0 Å². The van der Waals surface area contributed by atoms with Crippen molar-refractivity contribution < 1.29 is 0 Å². The van der Waals surface area contributed by atoms with Crippen molar-refractivity contribution in [2.45, 2.75) is 39.5 Å². The third kappa shape index (κ3) is 2.10. The molecule has 0 bridgehead atoms. The van der Waals surface area contributed by atoms with E-state index in [1.165, 1.54) is 32.7 Å². The first-order valence-corrected chi connectivity index (χ1v) is 7.53. The van der Waals surface area contributed by atoms with E-state index in [1.807, 2.05) is 0 Å². The number of rotatable bonds is 2. The molecule has 0 atom stereocenters. The number of hydrogen-bond donors (Lipinski definition) is 0. The maximum Gasteiger partial charge on any atom is -0.0143 e. The molecule has 0 aliphatic carbocycles. The summed E-state index contributed by atoms with van der Waals surface area (Å²) in [5.74, 6) is 1.12. The highest BCUT2D eigenvalue weighted by molar-refractivity contribution is 6.01. The zero-order valence-corrected chi connectivity index (χ0v) is 12.8. The molecule has 102 valence electrons. The number of benzene rings is 3. The van der Waals surface area contributed by atoms with Gasteiger partial charge in [-0.15, -0.1) is 0 Å². The van der Waals surface area contributed by atoms with E-state index in [-0.39, 0.29) is 0 Å². The molecule has 0 aliphatic rings. The van der Waals surface area contributed by atoms with Crippen LogP contribution in [0.3, 0.4) is 0 Å². The molecule has 0 unspecified atom stereocenters. The van der Waals surface area contributed by atoms with E-state index in [2.05, 4.69) is 76.2 Å². The predicted molar refractivity (Wildman–Crippen MR) is 89.6 cm³/mol. The van der Waals surface area contributed by atoms with Gasteiger partial charge in [0, 0.05) is 0 Å². The van der Waals surface area contributed by atoms with Gasteiger partial charge in [-0.05, 0) is 56.6 Å². The summed E-state index contributed by atoms with van der Waals surface area (Å²) in [7, 11) is 0. The number of fused-ring (bicyclic) bond motifs is 2. The summed E-state index contributed by atoms with van der Waals surface area (Å²) in [6.07, 6.45) is 0. The molecular formula is C20H22. The van der Waals surface area contributed by atoms with Gasteiger partial charge in [0.2, 0.25) is 0 Å². The van der Waals surface area contributed by atoms with Crippen LogP contribution in [0.4, 0.5) is 0 Å². The van der Waals surface area contributed by atoms with E-state index in [0.29, 0.717) is 11.8 Å². The Morgan fingerprint density at radius 1 is 0.600 bits per heavy atom. The minimum Gasteiger partial charge on any atom is -0.0613 e. The van der Waals surface area contributed by atoms with Gasteiger partial charge in [0.1, 0.15) is 0 Å². The van der Waals surface area contributed by atoms with Crippen LogP contribution in [0.5, 0.6) is 0 Å². The molecule has 0 saturated heterocycles. The molecular weight excluding hydrogens is 240 g/mol. The average Bonchev–Trinajstić information content (AvgIpc) is 2.43. The molecule has 0 amide bonds. The smallest absolute Gasteiger partial charge is 0.0143 e. The zero-order chi connectivity index (χ0) is 14.3. The Hall–Kier alpha value is -1.82. The van der Waals surface area contributed by atoms with Crippen LogP contribution in [0.2, 0.25) is 0 Å². The molecule has 20 heavy (non-hydrogen) atoms. The minimum absolute atomic E-state index is 0.558. The fourth-order valence-corrected chi connectivity index (χ4v) is 3.11. The summed E-state index contributed by atoms with van der Waals surface area (Å²) in [5.41, 5.74) is 2.89. The molecule has 0 N–H and O–H groups in total. The van der Waals surface area contributed by atoms with Crippen molar-refractivity contribution >= 4 is 21.5 Å². The molecule has 0 heteroatoms. The van der Waals surface area contributed by atoms with Crippen LogP contribution in [0, 0.1) is 0 Å². The molecule has 0 fully saturated rings. The lowest BCUT2D eigenvalue weighted by Crippen LogP contribution is -1.92. The predicted octanol–water partition coefficient (Wildman–Crippen LogP) is 6.24. The topological polar surface area (TPSA) is 0 Å². The van der Waals surface area contributed by atoms with Crippen LogP contribution in [0.1, 0.15) is 50.7 Å². The molecule has 0 aromatic heterocycles. The average molecular weight is 262 g/mol. The van der Waals surface area contributed by atoms with Crippen molar-refractivity contribution in [2.24, 2.45) is 0 Å². The summed E-state index contributed by atoms with van der Waals surface area (Å²) in [6, 6.07) is 18.1. The minimum atomic E-state index is 0.558. The third-order valence-electron chi connectivity index (χ3n) is 4.19. The molecule has 0 nitrogen and oxygen atoms in total. The second kappa shape index (κ2) is 4.94. The lowest BCUT2D eigenvalue weighted by Gasteiger charge is -2.14. The Labute approximate surface area is 121 Å². The van der Waals surface area contributed by atoms with Crippen LogP contribution in [-0.2, 0) is 0 Å². The first-order chi connectivity index (χ1) is 9.58. The standard InChI is InChI=1S/C20H22/c1-13(2)17-9-5-7-15-11-16-8-6-10-18(14(3)4)20(16)12-19(15)17/h5-14H,1-4H3. The van der Waals surface area contributed by atoms with Gasteiger partial charge in [-0.3, -0.25) is 0 Å². The van der Waals surface area contributed by atoms with E-state index in [4.69, 9.17) is 0 Å². The summed E-state index contributed by atoms with van der Waals surface area (Å²) in [4.78, 5) is 0. The Morgan fingerprint density at radius 2 is 1.05 bits per heavy atom. The largest absolute Gasteiger partial charge is 0.0613 e. The van der Waals surface area contributed by atoms with Crippen molar-refractivity contribution in [3.05, 3.63) is 59.7 Å². The van der Waals surface area contributed by atoms with Gasteiger partial charge in [-0.2, -0.15) is 0 Å². The summed E-state index contributed by atoms with van der Waals surface area (Å²) >= 11 is 0. The van der Waals surface area contributed by atoms with Crippen LogP contribution < -0.4 is 0 Å². The SMILES string of the molecule is CC(C)c1cccc2cc3cccc(C(C)C)c3cc12. The summed E-state index contributed by atoms with van der Waals surface area (Å²) in [5, 5.41) is 5.51. The van der Waals surface area contributed by atoms with Gasteiger partial charge >= 0.3 is 0 Å². The maximum atomic E-state index is 2.40. The van der Waals surface area contributed by atoms with Crippen molar-refractivity contribution in [1.82, 2.24) is 0 Å². The van der Waals surface area contributed by atoms with Gasteiger partial charge in [-0.25, -0.2) is 0 Å². The summed E-state index contributed by atoms with van der Waals surface area (Å²) in [6.45, 7) is 9.08. The highest BCUT2D eigenvalue weighted by Gasteiger charge is 2.09. The van der Waals surface area contributed by atoms with Gasteiger partial charge < -0.3 is 0 Å². The van der Waals surface area contributed by atoms with Gasteiger partial charge in [0.25, 0.3) is 0 Å². The zero-order valence-electron chi connectivity index (χ0n) is 12.8. The van der Waals surface area contributed by atoms with Crippen LogP contribution in [0.25, 0.3) is 21.5 Å². The Kier molecular flexibility index (Phi) is 3.25. The van der Waals surface area contributed by atoms with Crippen LogP contribution in [-0.4, -0.2) is 0 Å². The van der Waals surface area contributed by atoms with Crippen molar-refractivity contribution in [3.63, 3.8) is 0 Å². The van der Waals surface area contributed by atoms with Crippen molar-refractivity contribution in [1.29, 1.82) is 0 Å². The molecule has 0 radical (unpaired) electrons. The Bertz CT molecular complexity index is 700. The van der Waals surface area contributed by atoms with Crippen molar-refractivity contribution in [3.8, 4) is 0 Å². The monoisotopic (exact) mass is 262 g/mol. The fraction of sp³-hybridized carbons (Fsp3) is 0.300. The Balaban J connectivity index is 2.42. The first kappa shape index (κ1) is 13.2. The van der Waals surface area contributed by atoms with E-state index in [1.54, 1.807) is 0 Å².